The Hall–Kier alpha value is -1.32. The highest BCUT2D eigenvalue weighted by molar-refractivity contribution is 8.13. The molecule has 2 aromatic carbocycles. The summed E-state index contributed by atoms with van der Waals surface area (Å²) in [6.45, 7) is 4.00. The molecule has 0 aliphatic carbocycles. The molecule has 0 bridgehead atoms. The first-order valence-corrected chi connectivity index (χ1v) is 7.99. The van der Waals surface area contributed by atoms with E-state index in [9.17, 15) is 8.42 Å². The Morgan fingerprint density at radius 3 is 1.95 bits per heavy atom. The monoisotopic (exact) mass is 299 g/mol. The highest BCUT2D eigenvalue weighted by Crippen LogP contribution is 2.28. The lowest BCUT2D eigenvalue weighted by Gasteiger charge is -2.06. The number of hydrogen-bond acceptors (Lipinski definition) is 2. The van der Waals surface area contributed by atoms with Crippen LogP contribution in [0.2, 0.25) is 0 Å². The van der Waals surface area contributed by atoms with Crippen LogP contribution in [0.4, 0.5) is 0 Å². The Balaban J connectivity index is 0.000000829. The lowest BCUT2D eigenvalue weighted by Crippen LogP contribution is -1.93. The topological polar surface area (TPSA) is 34.1 Å². The van der Waals surface area contributed by atoms with Gasteiger partial charge in [-0.2, -0.15) is 0 Å². The van der Waals surface area contributed by atoms with E-state index in [-0.39, 0.29) is 4.90 Å². The van der Waals surface area contributed by atoms with Crippen LogP contribution in [0.1, 0.15) is 22.6 Å². The molecule has 0 aliphatic heterocycles. The van der Waals surface area contributed by atoms with E-state index >= 15 is 0 Å². The molecule has 0 unspecified atom stereocenters. The summed E-state index contributed by atoms with van der Waals surface area (Å²) in [6.07, 6.45) is 0. The molecule has 2 aromatic rings. The molecule has 0 aromatic heterocycles. The molecule has 0 heterocycles. The first-order chi connectivity index (χ1) is 9.59. The van der Waals surface area contributed by atoms with Crippen LogP contribution in [0.5, 0.6) is 0 Å². The quantitative estimate of drug-likeness (QED) is 0.736. The van der Waals surface area contributed by atoms with E-state index in [1.807, 2.05) is 44.2 Å². The lowest BCUT2D eigenvalue weighted by atomic mass is 10.1. The summed E-state index contributed by atoms with van der Waals surface area (Å²) in [5.74, 6) is 0. The fourth-order valence-electron chi connectivity index (χ4n) is 1.54. The second kappa shape index (κ2) is 7.97. The van der Waals surface area contributed by atoms with Crippen LogP contribution in [-0.2, 0) is 9.05 Å². The van der Waals surface area contributed by atoms with Gasteiger partial charge in [0.15, 0.2) is 0 Å². The standard InChI is InChI=1S/C12H9ClO2S.C2H6.CH4/c13-16(14,15)12-9-5-4-8-11(12)10-6-2-1-3-7-10;1-2;/h1-9H;1-2H3;1H4/i;;1D. The van der Waals surface area contributed by atoms with Gasteiger partial charge in [0, 0.05) is 17.6 Å². The molecule has 0 spiro atoms. The largest absolute Gasteiger partial charge is 0.261 e. The van der Waals surface area contributed by atoms with Crippen LogP contribution in [-0.4, -0.2) is 8.42 Å². The van der Waals surface area contributed by atoms with E-state index in [0.717, 1.165) is 5.56 Å². The van der Waals surface area contributed by atoms with E-state index in [4.69, 9.17) is 12.1 Å². The van der Waals surface area contributed by atoms with Crippen molar-refractivity contribution in [2.24, 2.45) is 0 Å². The minimum atomic E-state index is -3.71. The Bertz CT molecular complexity index is 598. The maximum Gasteiger partial charge on any atom is 0.261 e. The minimum Gasteiger partial charge on any atom is -0.207 e. The fraction of sp³-hybridized carbons (Fsp3) is 0.200. The molecule has 0 amide bonds. The van der Waals surface area contributed by atoms with Crippen molar-refractivity contribution in [3.63, 3.8) is 0 Å². The molecular weight excluding hydrogens is 280 g/mol. The normalized spacial score (nSPS) is 10.2. The van der Waals surface area contributed by atoms with Crippen LogP contribution in [0.25, 0.3) is 11.1 Å². The van der Waals surface area contributed by atoms with Gasteiger partial charge in [0.25, 0.3) is 9.05 Å². The molecule has 0 radical (unpaired) electrons. The van der Waals surface area contributed by atoms with Gasteiger partial charge in [-0.15, -0.1) is 0 Å². The van der Waals surface area contributed by atoms with Gasteiger partial charge in [0.05, 0.1) is 4.90 Å². The molecular formula is C15H19ClO2S. The Morgan fingerprint density at radius 1 is 0.947 bits per heavy atom. The molecule has 104 valence electrons. The Kier molecular flexibility index (Phi) is 6.60. The first kappa shape index (κ1) is 15.7. The van der Waals surface area contributed by atoms with Gasteiger partial charge in [-0.1, -0.05) is 69.8 Å². The third-order valence-corrected chi connectivity index (χ3v) is 3.61. The molecule has 0 saturated carbocycles. The summed E-state index contributed by atoms with van der Waals surface area (Å²) in [4.78, 5) is 0.142. The predicted octanol–water partition coefficient (Wildman–Crippen LogP) is 4.94. The van der Waals surface area contributed by atoms with E-state index in [1.54, 1.807) is 18.2 Å². The maximum atomic E-state index is 11.4. The molecule has 2 rings (SSSR count). The zero-order chi connectivity index (χ0) is 15.6. The molecule has 0 N–H and O–H groups in total. The summed E-state index contributed by atoms with van der Waals surface area (Å²) in [6, 6.07) is 16.0. The second-order valence-electron chi connectivity index (χ2n) is 3.30. The number of halogens is 1. The number of benzene rings is 2. The summed E-state index contributed by atoms with van der Waals surface area (Å²) in [5.41, 5.74) is 1.46. The third kappa shape index (κ3) is 4.69. The molecule has 4 heteroatoms. The van der Waals surface area contributed by atoms with Crippen molar-refractivity contribution in [1.29, 1.82) is 0 Å². The Labute approximate surface area is 121 Å². The predicted molar refractivity (Wildman–Crippen MR) is 83.0 cm³/mol. The van der Waals surface area contributed by atoms with Crippen molar-refractivity contribution in [1.82, 2.24) is 0 Å². The average Bonchev–Trinajstić information content (AvgIpc) is 2.51. The van der Waals surface area contributed by atoms with Crippen molar-refractivity contribution in [3.05, 3.63) is 54.6 Å². The molecule has 0 aliphatic rings. The highest BCUT2D eigenvalue weighted by atomic mass is 35.7. The molecule has 2 nitrogen and oxygen atoms in total. The van der Waals surface area contributed by atoms with Gasteiger partial charge < -0.3 is 0 Å². The SMILES string of the molecule is CC.O=S(=O)(Cl)c1ccccc1-c1ccccc1.[2H]C. The molecule has 0 atom stereocenters. The van der Waals surface area contributed by atoms with Crippen LogP contribution in [0, 0.1) is 0 Å². The second-order valence-corrected chi connectivity index (χ2v) is 5.83. The van der Waals surface area contributed by atoms with Gasteiger partial charge in [0.1, 0.15) is 0 Å². The number of rotatable bonds is 2. The van der Waals surface area contributed by atoms with E-state index < -0.39 is 9.05 Å². The van der Waals surface area contributed by atoms with E-state index in [0.29, 0.717) is 5.56 Å². The van der Waals surface area contributed by atoms with Gasteiger partial charge in [-0.05, 0) is 11.6 Å². The van der Waals surface area contributed by atoms with Crippen LogP contribution < -0.4 is 0 Å². The van der Waals surface area contributed by atoms with Gasteiger partial charge in [0.2, 0.25) is 0 Å². The van der Waals surface area contributed by atoms with Crippen molar-refractivity contribution >= 4 is 19.7 Å². The van der Waals surface area contributed by atoms with Gasteiger partial charge >= 0.3 is 0 Å². The average molecular weight is 300 g/mol. The Morgan fingerprint density at radius 2 is 1.42 bits per heavy atom. The first-order valence-electron chi connectivity index (χ1n) is 6.68. The van der Waals surface area contributed by atoms with Crippen LogP contribution in [0.15, 0.2) is 59.5 Å². The smallest absolute Gasteiger partial charge is 0.207 e. The summed E-state index contributed by atoms with van der Waals surface area (Å²) >= 11 is 0. The molecule has 0 fully saturated rings. The third-order valence-electron chi connectivity index (χ3n) is 2.23. The zero-order valence-corrected chi connectivity index (χ0v) is 12.9. The fourth-order valence-corrected chi connectivity index (χ4v) is 2.63. The summed E-state index contributed by atoms with van der Waals surface area (Å²) in [5, 5.41) is 0. The maximum absolute atomic E-state index is 11.4. The van der Waals surface area contributed by atoms with E-state index in [1.165, 1.54) is 13.5 Å². The van der Waals surface area contributed by atoms with Gasteiger partial charge in [-0.25, -0.2) is 8.42 Å². The zero-order valence-electron chi connectivity index (χ0n) is 12.3. The van der Waals surface area contributed by atoms with Crippen molar-refractivity contribution < 1.29 is 9.79 Å². The summed E-state index contributed by atoms with van der Waals surface area (Å²) < 4.78 is 28.5. The minimum absolute atomic E-state index is 0.142. The number of hydrogen-bond donors (Lipinski definition) is 0. The molecule has 0 saturated heterocycles. The van der Waals surface area contributed by atoms with Crippen molar-refractivity contribution in [2.45, 2.75) is 26.1 Å². The van der Waals surface area contributed by atoms with Gasteiger partial charge in [-0.3, -0.25) is 0 Å². The van der Waals surface area contributed by atoms with E-state index in [2.05, 4.69) is 0 Å². The summed E-state index contributed by atoms with van der Waals surface area (Å²) in [7, 11) is 2.93. The highest BCUT2D eigenvalue weighted by Gasteiger charge is 2.15. The van der Waals surface area contributed by atoms with Crippen molar-refractivity contribution in [2.75, 3.05) is 0 Å². The van der Waals surface area contributed by atoms with Crippen LogP contribution >= 0.6 is 10.7 Å². The van der Waals surface area contributed by atoms with Crippen LogP contribution in [0.3, 0.4) is 0 Å². The van der Waals surface area contributed by atoms with Crippen molar-refractivity contribution in [3.8, 4) is 11.1 Å². The molecule has 19 heavy (non-hydrogen) atoms. The lowest BCUT2D eigenvalue weighted by molar-refractivity contribution is 0.610.